The van der Waals surface area contributed by atoms with Gasteiger partial charge in [-0.1, -0.05) is 38.1 Å². The van der Waals surface area contributed by atoms with Gasteiger partial charge in [-0.25, -0.2) is 0 Å². The molecule has 1 N–H and O–H groups in total. The summed E-state index contributed by atoms with van der Waals surface area (Å²) in [5.74, 6) is 0. The first-order valence-corrected chi connectivity index (χ1v) is 7.98. The van der Waals surface area contributed by atoms with Crippen LogP contribution in [0.15, 0.2) is 24.3 Å². The van der Waals surface area contributed by atoms with Gasteiger partial charge in [0, 0.05) is 25.2 Å². The van der Waals surface area contributed by atoms with Crippen LogP contribution in [0, 0.1) is 0 Å². The van der Waals surface area contributed by atoms with E-state index in [1.165, 1.54) is 12.0 Å². The van der Waals surface area contributed by atoms with Gasteiger partial charge in [0.15, 0.2) is 0 Å². The van der Waals surface area contributed by atoms with Crippen molar-refractivity contribution >= 4 is 0 Å². The number of aliphatic hydroxyl groups excluding tert-OH is 1. The number of aliphatic hydroxyl groups is 1. The van der Waals surface area contributed by atoms with Crippen molar-refractivity contribution in [3.63, 3.8) is 0 Å². The number of fused-ring (bicyclic) bond motifs is 1. The Morgan fingerprint density at radius 3 is 2.70 bits per heavy atom. The Labute approximate surface area is 122 Å². The molecule has 3 atom stereocenters. The van der Waals surface area contributed by atoms with Gasteiger partial charge in [-0.05, 0) is 37.1 Å². The standard InChI is InChI=1S/C17H26N2O/c1-3-18(4-2)14-9-10-19(12-14)16-11-13-7-5-6-8-15(13)17(16)20/h5-8,14,16-17,20H,3-4,9-12H2,1-2H3. The summed E-state index contributed by atoms with van der Waals surface area (Å²) < 4.78 is 0. The lowest BCUT2D eigenvalue weighted by Gasteiger charge is -2.29. The van der Waals surface area contributed by atoms with E-state index >= 15 is 0 Å². The lowest BCUT2D eigenvalue weighted by molar-refractivity contribution is 0.0694. The van der Waals surface area contributed by atoms with Gasteiger partial charge in [-0.2, -0.15) is 0 Å². The van der Waals surface area contributed by atoms with Crippen molar-refractivity contribution in [2.45, 2.75) is 44.9 Å². The molecule has 110 valence electrons. The summed E-state index contributed by atoms with van der Waals surface area (Å²) in [5, 5.41) is 10.6. The topological polar surface area (TPSA) is 26.7 Å². The van der Waals surface area contributed by atoms with E-state index < -0.39 is 0 Å². The Bertz CT molecular complexity index is 458. The predicted molar refractivity (Wildman–Crippen MR) is 81.8 cm³/mol. The molecular formula is C17H26N2O. The quantitative estimate of drug-likeness (QED) is 0.910. The summed E-state index contributed by atoms with van der Waals surface area (Å²) in [5.41, 5.74) is 2.47. The van der Waals surface area contributed by atoms with Gasteiger partial charge in [0.25, 0.3) is 0 Å². The molecule has 1 heterocycles. The Kier molecular flexibility index (Phi) is 4.11. The van der Waals surface area contributed by atoms with E-state index in [2.05, 4.69) is 41.8 Å². The van der Waals surface area contributed by atoms with Gasteiger partial charge in [0.2, 0.25) is 0 Å². The van der Waals surface area contributed by atoms with Gasteiger partial charge in [0.05, 0.1) is 6.10 Å². The fourth-order valence-corrected chi connectivity index (χ4v) is 3.99. The van der Waals surface area contributed by atoms with Crippen molar-refractivity contribution in [3.8, 4) is 0 Å². The molecule has 0 spiro atoms. The summed E-state index contributed by atoms with van der Waals surface area (Å²) in [6.45, 7) is 8.97. The molecule has 3 heteroatoms. The lowest BCUT2D eigenvalue weighted by atomic mass is 10.1. The number of rotatable bonds is 4. The van der Waals surface area contributed by atoms with Crippen LogP contribution in [0.5, 0.6) is 0 Å². The SMILES string of the molecule is CCN(CC)C1CCN(C2Cc3ccccc3C2O)C1. The minimum Gasteiger partial charge on any atom is -0.387 e. The number of likely N-dealkylation sites (tertiary alicyclic amines) is 1. The molecule has 1 saturated heterocycles. The Morgan fingerprint density at radius 1 is 1.25 bits per heavy atom. The molecule has 0 aromatic heterocycles. The summed E-state index contributed by atoms with van der Waals surface area (Å²) in [6, 6.07) is 9.31. The molecule has 1 aromatic carbocycles. The summed E-state index contributed by atoms with van der Waals surface area (Å²) in [6.07, 6.45) is 1.94. The number of hydrogen-bond acceptors (Lipinski definition) is 3. The van der Waals surface area contributed by atoms with Crippen LogP contribution in [0.3, 0.4) is 0 Å². The van der Waals surface area contributed by atoms with Crippen LogP contribution < -0.4 is 0 Å². The number of likely N-dealkylation sites (N-methyl/N-ethyl adjacent to an activating group) is 1. The van der Waals surface area contributed by atoms with Crippen LogP contribution in [0.4, 0.5) is 0 Å². The van der Waals surface area contributed by atoms with Gasteiger partial charge in [-0.3, -0.25) is 9.80 Å². The highest BCUT2D eigenvalue weighted by Gasteiger charge is 2.38. The van der Waals surface area contributed by atoms with Crippen LogP contribution in [-0.4, -0.2) is 53.2 Å². The Balaban J connectivity index is 1.68. The van der Waals surface area contributed by atoms with Gasteiger partial charge < -0.3 is 5.11 Å². The molecule has 0 saturated carbocycles. The molecule has 1 aliphatic carbocycles. The van der Waals surface area contributed by atoms with Crippen molar-refractivity contribution < 1.29 is 5.11 Å². The molecule has 1 fully saturated rings. The maximum atomic E-state index is 10.6. The van der Waals surface area contributed by atoms with E-state index in [0.717, 1.165) is 38.2 Å². The molecule has 20 heavy (non-hydrogen) atoms. The second-order valence-corrected chi connectivity index (χ2v) is 6.07. The fraction of sp³-hybridized carbons (Fsp3) is 0.647. The fourth-order valence-electron chi connectivity index (χ4n) is 3.99. The normalized spacial score (nSPS) is 30.1. The summed E-state index contributed by atoms with van der Waals surface area (Å²) >= 11 is 0. The average Bonchev–Trinajstić information content (AvgIpc) is 3.06. The zero-order valence-electron chi connectivity index (χ0n) is 12.6. The molecule has 0 radical (unpaired) electrons. The molecule has 3 nitrogen and oxygen atoms in total. The maximum Gasteiger partial charge on any atom is 0.0951 e. The first-order valence-electron chi connectivity index (χ1n) is 7.98. The molecule has 3 unspecified atom stereocenters. The van der Waals surface area contributed by atoms with Crippen molar-refractivity contribution in [3.05, 3.63) is 35.4 Å². The first-order chi connectivity index (χ1) is 9.74. The highest BCUT2D eigenvalue weighted by molar-refractivity contribution is 5.36. The third kappa shape index (κ3) is 2.39. The van der Waals surface area contributed by atoms with E-state index in [-0.39, 0.29) is 12.1 Å². The molecular weight excluding hydrogens is 248 g/mol. The molecule has 3 rings (SSSR count). The Hall–Kier alpha value is -0.900. The van der Waals surface area contributed by atoms with Crippen LogP contribution in [-0.2, 0) is 6.42 Å². The minimum absolute atomic E-state index is 0.285. The third-order valence-electron chi connectivity index (χ3n) is 5.16. The van der Waals surface area contributed by atoms with E-state index in [1.54, 1.807) is 0 Å². The summed E-state index contributed by atoms with van der Waals surface area (Å²) in [7, 11) is 0. The average molecular weight is 274 g/mol. The maximum absolute atomic E-state index is 10.6. The van der Waals surface area contributed by atoms with Gasteiger partial charge >= 0.3 is 0 Å². The minimum atomic E-state index is -0.304. The van der Waals surface area contributed by atoms with Crippen LogP contribution in [0.2, 0.25) is 0 Å². The van der Waals surface area contributed by atoms with Crippen LogP contribution >= 0.6 is 0 Å². The third-order valence-corrected chi connectivity index (χ3v) is 5.16. The lowest BCUT2D eigenvalue weighted by Crippen LogP contribution is -2.41. The van der Waals surface area contributed by atoms with Crippen molar-refractivity contribution in [2.75, 3.05) is 26.2 Å². The van der Waals surface area contributed by atoms with Crippen LogP contribution in [0.25, 0.3) is 0 Å². The highest BCUT2D eigenvalue weighted by Crippen LogP contribution is 2.36. The monoisotopic (exact) mass is 274 g/mol. The number of nitrogens with zero attached hydrogens (tertiary/aromatic N) is 2. The zero-order valence-corrected chi connectivity index (χ0v) is 12.6. The van der Waals surface area contributed by atoms with Crippen molar-refractivity contribution in [1.82, 2.24) is 9.80 Å². The predicted octanol–water partition coefficient (Wildman–Crippen LogP) is 2.06. The Morgan fingerprint density at radius 2 is 2.00 bits per heavy atom. The molecule has 1 aromatic rings. The van der Waals surface area contributed by atoms with E-state index in [9.17, 15) is 5.11 Å². The first kappa shape index (κ1) is 14.1. The zero-order chi connectivity index (χ0) is 14.1. The summed E-state index contributed by atoms with van der Waals surface area (Å²) in [4.78, 5) is 5.06. The van der Waals surface area contributed by atoms with E-state index in [4.69, 9.17) is 0 Å². The second kappa shape index (κ2) is 5.84. The molecule has 0 bridgehead atoms. The molecule has 0 amide bonds. The van der Waals surface area contributed by atoms with Gasteiger partial charge in [-0.15, -0.1) is 0 Å². The van der Waals surface area contributed by atoms with Crippen molar-refractivity contribution in [2.24, 2.45) is 0 Å². The van der Waals surface area contributed by atoms with Gasteiger partial charge in [0.1, 0.15) is 0 Å². The number of benzene rings is 1. The smallest absolute Gasteiger partial charge is 0.0951 e. The van der Waals surface area contributed by atoms with Crippen molar-refractivity contribution in [1.29, 1.82) is 0 Å². The highest BCUT2D eigenvalue weighted by atomic mass is 16.3. The molecule has 1 aliphatic heterocycles. The van der Waals surface area contributed by atoms with Crippen LogP contribution in [0.1, 0.15) is 37.5 Å². The van der Waals surface area contributed by atoms with E-state index in [1.807, 2.05) is 6.07 Å². The number of hydrogen-bond donors (Lipinski definition) is 1. The van der Waals surface area contributed by atoms with E-state index in [0.29, 0.717) is 6.04 Å². The largest absolute Gasteiger partial charge is 0.387 e. The molecule has 2 aliphatic rings. The second-order valence-electron chi connectivity index (χ2n) is 6.07.